The highest BCUT2D eigenvalue weighted by Gasteiger charge is 2.28. The number of piperidine rings is 1. The van der Waals surface area contributed by atoms with Gasteiger partial charge in [-0.3, -0.25) is 4.79 Å². The number of hydrogen-bond acceptors (Lipinski definition) is 2. The molecule has 2 atom stereocenters. The van der Waals surface area contributed by atoms with Crippen LogP contribution in [0.2, 0.25) is 0 Å². The van der Waals surface area contributed by atoms with E-state index < -0.39 is 0 Å². The summed E-state index contributed by atoms with van der Waals surface area (Å²) in [6.45, 7) is 2.82. The molecule has 3 N–H and O–H groups in total. The van der Waals surface area contributed by atoms with Gasteiger partial charge in [0.1, 0.15) is 5.69 Å². The van der Waals surface area contributed by atoms with Crippen LogP contribution in [0.25, 0.3) is 10.9 Å². The van der Waals surface area contributed by atoms with Crippen molar-refractivity contribution in [2.45, 2.75) is 31.8 Å². The van der Waals surface area contributed by atoms with Gasteiger partial charge in [-0.15, -0.1) is 0 Å². The maximum Gasteiger partial charge on any atom is 0.270 e. The Morgan fingerprint density at radius 3 is 2.95 bits per heavy atom. The van der Waals surface area contributed by atoms with Crippen molar-refractivity contribution in [1.29, 1.82) is 0 Å². The average molecular weight is 257 g/mol. The van der Waals surface area contributed by atoms with Gasteiger partial charge in [-0.2, -0.15) is 0 Å². The number of hydrogen-bond donors (Lipinski definition) is 2. The van der Waals surface area contributed by atoms with E-state index in [9.17, 15) is 4.79 Å². The highest BCUT2D eigenvalue weighted by molar-refractivity contribution is 5.98. The lowest BCUT2D eigenvalue weighted by atomic mass is 9.99. The number of amides is 1. The lowest BCUT2D eigenvalue weighted by Crippen LogP contribution is -2.48. The number of nitrogens with two attached hydrogens (primary N) is 1. The molecule has 0 spiro atoms. The molecule has 1 aliphatic heterocycles. The Morgan fingerprint density at radius 2 is 2.21 bits per heavy atom. The molecule has 2 unspecified atom stereocenters. The van der Waals surface area contributed by atoms with E-state index in [2.05, 4.69) is 11.9 Å². The monoisotopic (exact) mass is 257 g/mol. The van der Waals surface area contributed by atoms with Crippen molar-refractivity contribution in [3.8, 4) is 0 Å². The van der Waals surface area contributed by atoms with Crippen LogP contribution in [0.1, 0.15) is 30.3 Å². The Balaban J connectivity index is 1.87. The zero-order valence-electron chi connectivity index (χ0n) is 11.1. The molecule has 1 aromatic carbocycles. The number of carbonyl (C=O) groups is 1. The smallest absolute Gasteiger partial charge is 0.270 e. The Labute approximate surface area is 112 Å². The third-order valence-corrected chi connectivity index (χ3v) is 3.94. The normalized spacial score (nSPS) is 23.8. The van der Waals surface area contributed by atoms with Crippen molar-refractivity contribution >= 4 is 16.8 Å². The number of fused-ring (bicyclic) bond motifs is 1. The largest absolute Gasteiger partial charge is 0.351 e. The fourth-order valence-electron chi connectivity index (χ4n) is 2.85. The zero-order valence-corrected chi connectivity index (χ0v) is 11.1. The van der Waals surface area contributed by atoms with Crippen LogP contribution < -0.4 is 5.73 Å². The van der Waals surface area contributed by atoms with Crippen LogP contribution in [0.3, 0.4) is 0 Å². The third-order valence-electron chi connectivity index (χ3n) is 3.94. The summed E-state index contributed by atoms with van der Waals surface area (Å²) >= 11 is 0. The van der Waals surface area contributed by atoms with Gasteiger partial charge < -0.3 is 15.6 Å². The topological polar surface area (TPSA) is 62.1 Å². The van der Waals surface area contributed by atoms with Crippen LogP contribution in [0.5, 0.6) is 0 Å². The molecule has 100 valence electrons. The van der Waals surface area contributed by atoms with E-state index in [0.29, 0.717) is 5.69 Å². The number of benzene rings is 1. The quantitative estimate of drug-likeness (QED) is 0.822. The number of H-pyrrole nitrogens is 1. The van der Waals surface area contributed by atoms with Gasteiger partial charge in [-0.1, -0.05) is 18.2 Å². The van der Waals surface area contributed by atoms with Gasteiger partial charge in [0.05, 0.1) is 0 Å². The minimum Gasteiger partial charge on any atom is -0.351 e. The molecule has 1 saturated heterocycles. The molecule has 2 aromatic rings. The van der Waals surface area contributed by atoms with E-state index >= 15 is 0 Å². The molecule has 1 aromatic heterocycles. The molecule has 4 nitrogen and oxygen atoms in total. The standard InChI is InChI=1S/C15H19N3O/c1-10-8-12(16)6-7-18(10)15(19)14-9-11-4-2-3-5-13(11)17-14/h2-5,9-10,12,17H,6-8,16H2,1H3. The van der Waals surface area contributed by atoms with E-state index in [1.807, 2.05) is 35.2 Å². The maximum absolute atomic E-state index is 12.5. The molecule has 0 saturated carbocycles. The lowest BCUT2D eigenvalue weighted by Gasteiger charge is -2.36. The van der Waals surface area contributed by atoms with E-state index in [4.69, 9.17) is 5.73 Å². The molecule has 1 fully saturated rings. The van der Waals surface area contributed by atoms with E-state index in [1.165, 1.54) is 0 Å². The van der Waals surface area contributed by atoms with E-state index in [0.717, 1.165) is 30.3 Å². The number of carbonyl (C=O) groups excluding carboxylic acids is 1. The third kappa shape index (κ3) is 2.24. The van der Waals surface area contributed by atoms with Crippen molar-refractivity contribution in [2.75, 3.05) is 6.54 Å². The first-order valence-corrected chi connectivity index (χ1v) is 6.79. The SMILES string of the molecule is CC1CC(N)CCN1C(=O)c1cc2ccccc2[nH]1. The molecular formula is C15H19N3O. The summed E-state index contributed by atoms with van der Waals surface area (Å²) in [4.78, 5) is 17.7. The predicted molar refractivity (Wildman–Crippen MR) is 76.0 cm³/mol. The fourth-order valence-corrected chi connectivity index (χ4v) is 2.85. The number of para-hydroxylation sites is 1. The Hall–Kier alpha value is -1.81. The van der Waals surface area contributed by atoms with Crippen LogP contribution in [0.4, 0.5) is 0 Å². The molecule has 0 radical (unpaired) electrons. The minimum atomic E-state index is 0.0793. The van der Waals surface area contributed by atoms with Crippen molar-refractivity contribution in [3.05, 3.63) is 36.0 Å². The van der Waals surface area contributed by atoms with Crippen LogP contribution in [0, 0.1) is 0 Å². The van der Waals surface area contributed by atoms with Crippen molar-refractivity contribution in [1.82, 2.24) is 9.88 Å². The molecule has 3 rings (SSSR count). The van der Waals surface area contributed by atoms with E-state index in [-0.39, 0.29) is 18.0 Å². The first kappa shape index (κ1) is 12.2. The first-order chi connectivity index (χ1) is 9.15. The van der Waals surface area contributed by atoms with Crippen LogP contribution in [-0.2, 0) is 0 Å². The van der Waals surface area contributed by atoms with Gasteiger partial charge in [-0.05, 0) is 31.9 Å². The van der Waals surface area contributed by atoms with Crippen LogP contribution in [-0.4, -0.2) is 34.4 Å². The fraction of sp³-hybridized carbons (Fsp3) is 0.400. The Kier molecular flexibility index (Phi) is 3.03. The lowest BCUT2D eigenvalue weighted by molar-refractivity contribution is 0.0614. The molecule has 1 amide bonds. The Bertz CT molecular complexity index is 571. The highest BCUT2D eigenvalue weighted by Crippen LogP contribution is 2.21. The number of aromatic amines is 1. The van der Waals surface area contributed by atoms with Gasteiger partial charge in [0, 0.05) is 29.5 Å². The number of nitrogens with one attached hydrogen (secondary N) is 1. The van der Waals surface area contributed by atoms with Gasteiger partial charge in [-0.25, -0.2) is 0 Å². The average Bonchev–Trinajstić information content (AvgIpc) is 2.81. The van der Waals surface area contributed by atoms with Gasteiger partial charge in [0.25, 0.3) is 5.91 Å². The van der Waals surface area contributed by atoms with Crippen molar-refractivity contribution in [3.63, 3.8) is 0 Å². The second kappa shape index (κ2) is 4.70. The summed E-state index contributed by atoms with van der Waals surface area (Å²) in [5.41, 5.74) is 7.62. The molecule has 0 aliphatic carbocycles. The minimum absolute atomic E-state index is 0.0793. The summed E-state index contributed by atoms with van der Waals surface area (Å²) in [6, 6.07) is 10.3. The summed E-state index contributed by atoms with van der Waals surface area (Å²) in [5, 5.41) is 1.08. The highest BCUT2D eigenvalue weighted by atomic mass is 16.2. The zero-order chi connectivity index (χ0) is 13.4. The summed E-state index contributed by atoms with van der Waals surface area (Å²) in [5.74, 6) is 0.0793. The van der Waals surface area contributed by atoms with E-state index in [1.54, 1.807) is 0 Å². The van der Waals surface area contributed by atoms with Gasteiger partial charge in [0.2, 0.25) is 0 Å². The molecule has 4 heteroatoms. The summed E-state index contributed by atoms with van der Waals surface area (Å²) in [7, 11) is 0. The maximum atomic E-state index is 12.5. The molecular weight excluding hydrogens is 238 g/mol. The molecule has 0 bridgehead atoms. The van der Waals surface area contributed by atoms with Gasteiger partial charge >= 0.3 is 0 Å². The number of likely N-dealkylation sites (tertiary alicyclic amines) is 1. The van der Waals surface area contributed by atoms with Crippen molar-refractivity contribution in [2.24, 2.45) is 5.73 Å². The molecule has 19 heavy (non-hydrogen) atoms. The van der Waals surface area contributed by atoms with Crippen LogP contribution >= 0.6 is 0 Å². The predicted octanol–water partition coefficient (Wildman–Crippen LogP) is 2.12. The first-order valence-electron chi connectivity index (χ1n) is 6.79. The van der Waals surface area contributed by atoms with Crippen molar-refractivity contribution < 1.29 is 4.79 Å². The molecule has 1 aliphatic rings. The van der Waals surface area contributed by atoms with Gasteiger partial charge in [0.15, 0.2) is 0 Å². The number of nitrogens with zero attached hydrogens (tertiary/aromatic N) is 1. The summed E-state index contributed by atoms with van der Waals surface area (Å²) in [6.07, 6.45) is 1.77. The number of rotatable bonds is 1. The van der Waals surface area contributed by atoms with Crippen LogP contribution in [0.15, 0.2) is 30.3 Å². The summed E-state index contributed by atoms with van der Waals surface area (Å²) < 4.78 is 0. The number of aromatic nitrogens is 1. The molecule has 2 heterocycles. The Morgan fingerprint density at radius 1 is 1.42 bits per heavy atom. The second-order valence-corrected chi connectivity index (χ2v) is 5.40. The second-order valence-electron chi connectivity index (χ2n) is 5.40.